The highest BCUT2D eigenvalue weighted by Gasteiger charge is 2.51. The van der Waals surface area contributed by atoms with Crippen molar-refractivity contribution >= 4 is 17.9 Å². The Kier molecular flexibility index (Phi) is 6.73. The van der Waals surface area contributed by atoms with Crippen molar-refractivity contribution in [1.82, 2.24) is 9.78 Å². The van der Waals surface area contributed by atoms with Gasteiger partial charge in [-0.05, 0) is 59.2 Å². The molecule has 3 aromatic carbocycles. The van der Waals surface area contributed by atoms with Crippen LogP contribution in [0.25, 0.3) is 22.3 Å². The van der Waals surface area contributed by atoms with E-state index in [-0.39, 0.29) is 6.61 Å². The number of aromatic nitrogens is 2. The molecule has 0 spiro atoms. The van der Waals surface area contributed by atoms with Gasteiger partial charge in [0.05, 0.1) is 18.2 Å². The molecule has 0 radical (unpaired) electrons. The second kappa shape index (κ2) is 10.1. The van der Waals surface area contributed by atoms with Crippen molar-refractivity contribution in [2.24, 2.45) is 7.05 Å². The zero-order chi connectivity index (χ0) is 26.9. The van der Waals surface area contributed by atoms with E-state index in [1.807, 2.05) is 79.7 Å². The molecule has 4 aromatic rings. The molecule has 8 heteroatoms. The van der Waals surface area contributed by atoms with Gasteiger partial charge >= 0.3 is 12.1 Å². The summed E-state index contributed by atoms with van der Waals surface area (Å²) < 4.78 is 7.12. The standard InChI is InChI=1S/C30H29N3O5/c1-19(20-6-4-3-5-7-20)38-29(37)32-27-26(17-31-33(27)2)22-10-13-25(23(16-22)18-34)21-8-11-24(12-9-21)30(14-15-30)28(35)36/h3-13,16-17,19,34H,14-15,18H2,1-2H3,(H,32,37)(H,35,36)/t19-/m1/s1. The number of carbonyl (C=O) groups excluding carboxylic acids is 1. The van der Waals surface area contributed by atoms with Crippen LogP contribution in [0.2, 0.25) is 0 Å². The Bertz CT molecular complexity index is 1470. The number of aliphatic carboxylic acids is 1. The maximum atomic E-state index is 12.7. The van der Waals surface area contributed by atoms with Crippen molar-refractivity contribution in [3.05, 3.63) is 95.7 Å². The second-order valence-electron chi connectivity index (χ2n) is 9.61. The fraction of sp³-hybridized carbons (Fsp3) is 0.233. The van der Waals surface area contributed by atoms with Gasteiger partial charge in [-0.25, -0.2) is 4.79 Å². The molecular weight excluding hydrogens is 482 g/mol. The van der Waals surface area contributed by atoms with Gasteiger partial charge in [-0.2, -0.15) is 5.10 Å². The number of anilines is 1. The molecule has 0 bridgehead atoms. The number of carboxylic acid groups (broad SMARTS) is 1. The number of hydrogen-bond donors (Lipinski definition) is 3. The molecule has 194 valence electrons. The number of nitrogens with one attached hydrogen (secondary N) is 1. The lowest BCUT2D eigenvalue weighted by Gasteiger charge is -2.16. The highest BCUT2D eigenvalue weighted by molar-refractivity contribution is 5.90. The van der Waals surface area contributed by atoms with Crippen LogP contribution in [0.5, 0.6) is 0 Å². The van der Waals surface area contributed by atoms with Crippen LogP contribution in [0.15, 0.2) is 79.0 Å². The van der Waals surface area contributed by atoms with E-state index in [2.05, 4.69) is 10.4 Å². The van der Waals surface area contributed by atoms with Crippen molar-refractivity contribution in [3.63, 3.8) is 0 Å². The maximum Gasteiger partial charge on any atom is 0.413 e. The zero-order valence-corrected chi connectivity index (χ0v) is 21.2. The quantitative estimate of drug-likeness (QED) is 0.281. The number of carboxylic acids is 1. The lowest BCUT2D eigenvalue weighted by Crippen LogP contribution is -2.19. The average molecular weight is 512 g/mol. The molecule has 1 aliphatic carbocycles. The number of aliphatic hydroxyl groups is 1. The fourth-order valence-electron chi connectivity index (χ4n) is 4.77. The van der Waals surface area contributed by atoms with Gasteiger partial charge < -0.3 is 14.9 Å². The summed E-state index contributed by atoms with van der Waals surface area (Å²) in [5.41, 5.74) is 4.82. The lowest BCUT2D eigenvalue weighted by atomic mass is 9.91. The van der Waals surface area contributed by atoms with Gasteiger partial charge in [0.15, 0.2) is 0 Å². The van der Waals surface area contributed by atoms with Gasteiger partial charge in [-0.1, -0.05) is 66.7 Å². The molecular formula is C30H29N3O5. The van der Waals surface area contributed by atoms with E-state index in [9.17, 15) is 19.8 Å². The predicted molar refractivity (Wildman–Crippen MR) is 144 cm³/mol. The van der Waals surface area contributed by atoms with E-state index < -0.39 is 23.6 Å². The molecule has 1 aromatic heterocycles. The molecule has 3 N–H and O–H groups in total. The Hall–Kier alpha value is -4.43. The van der Waals surface area contributed by atoms with Crippen molar-refractivity contribution < 1.29 is 24.5 Å². The van der Waals surface area contributed by atoms with Gasteiger partial charge in [0, 0.05) is 12.6 Å². The molecule has 1 atom stereocenters. The first-order chi connectivity index (χ1) is 18.3. The van der Waals surface area contributed by atoms with Crippen molar-refractivity contribution in [2.45, 2.75) is 37.9 Å². The average Bonchev–Trinajstić information content (AvgIpc) is 3.68. The number of hydrogen-bond acceptors (Lipinski definition) is 5. The van der Waals surface area contributed by atoms with Crippen LogP contribution in [-0.2, 0) is 28.6 Å². The van der Waals surface area contributed by atoms with E-state index in [0.717, 1.165) is 27.8 Å². The van der Waals surface area contributed by atoms with Crippen molar-refractivity contribution in [2.75, 3.05) is 5.32 Å². The van der Waals surface area contributed by atoms with Gasteiger partial charge in [-0.3, -0.25) is 14.8 Å². The number of carbonyl (C=O) groups is 2. The van der Waals surface area contributed by atoms with Gasteiger partial charge in [0.25, 0.3) is 0 Å². The van der Waals surface area contributed by atoms with Crippen LogP contribution in [-0.4, -0.2) is 32.1 Å². The fourth-order valence-corrected chi connectivity index (χ4v) is 4.77. The van der Waals surface area contributed by atoms with E-state index in [4.69, 9.17) is 4.74 Å². The molecule has 1 saturated carbocycles. The summed E-state index contributed by atoms with van der Waals surface area (Å²) in [7, 11) is 1.73. The highest BCUT2D eigenvalue weighted by Crippen LogP contribution is 2.48. The summed E-state index contributed by atoms with van der Waals surface area (Å²) in [6.45, 7) is 1.62. The molecule has 0 aliphatic heterocycles. The molecule has 1 aliphatic rings. The molecule has 1 fully saturated rings. The minimum Gasteiger partial charge on any atom is -0.481 e. The minimum atomic E-state index is -0.787. The largest absolute Gasteiger partial charge is 0.481 e. The number of aliphatic hydroxyl groups excluding tert-OH is 1. The Labute approximate surface area is 220 Å². The van der Waals surface area contributed by atoms with Crippen LogP contribution in [0.3, 0.4) is 0 Å². The summed E-state index contributed by atoms with van der Waals surface area (Å²) in [5, 5.41) is 26.8. The first-order valence-electron chi connectivity index (χ1n) is 12.5. The summed E-state index contributed by atoms with van der Waals surface area (Å²) in [4.78, 5) is 24.3. The number of amides is 1. The monoisotopic (exact) mass is 511 g/mol. The van der Waals surface area contributed by atoms with E-state index >= 15 is 0 Å². The third kappa shape index (κ3) is 4.78. The summed E-state index contributed by atoms with van der Waals surface area (Å²) in [6, 6.07) is 22.7. The Morgan fingerprint density at radius 2 is 1.71 bits per heavy atom. The van der Waals surface area contributed by atoms with E-state index in [1.165, 1.54) is 0 Å². The van der Waals surface area contributed by atoms with Gasteiger partial charge in [-0.15, -0.1) is 0 Å². The summed E-state index contributed by atoms with van der Waals surface area (Å²) >= 11 is 0. The first-order valence-corrected chi connectivity index (χ1v) is 12.5. The second-order valence-corrected chi connectivity index (χ2v) is 9.61. The number of rotatable bonds is 8. The third-order valence-corrected chi connectivity index (χ3v) is 7.21. The molecule has 8 nitrogen and oxygen atoms in total. The maximum absolute atomic E-state index is 12.7. The van der Waals surface area contributed by atoms with Crippen molar-refractivity contribution in [3.8, 4) is 22.3 Å². The van der Waals surface area contributed by atoms with E-state index in [0.29, 0.717) is 29.8 Å². The highest BCUT2D eigenvalue weighted by atomic mass is 16.6. The van der Waals surface area contributed by atoms with Crippen LogP contribution in [0, 0.1) is 0 Å². The molecule has 5 rings (SSSR count). The van der Waals surface area contributed by atoms with Crippen LogP contribution < -0.4 is 5.32 Å². The first kappa shape index (κ1) is 25.2. The minimum absolute atomic E-state index is 0.191. The molecule has 0 unspecified atom stereocenters. The van der Waals surface area contributed by atoms with Gasteiger partial charge in [0.2, 0.25) is 0 Å². The Balaban J connectivity index is 1.37. The third-order valence-electron chi connectivity index (χ3n) is 7.21. The predicted octanol–water partition coefficient (Wildman–Crippen LogP) is 5.67. The number of benzene rings is 3. The summed E-state index contributed by atoms with van der Waals surface area (Å²) in [5.74, 6) is -0.315. The zero-order valence-electron chi connectivity index (χ0n) is 21.2. The number of aryl methyl sites for hydroxylation is 1. The molecule has 1 heterocycles. The lowest BCUT2D eigenvalue weighted by molar-refractivity contribution is -0.140. The topological polar surface area (TPSA) is 114 Å². The normalized spacial score (nSPS) is 14.5. The SMILES string of the molecule is C[C@@H](OC(=O)Nc1c(-c2ccc(-c3ccc(C4(C(=O)O)CC4)cc3)c(CO)c2)cnn1C)c1ccccc1. The van der Waals surface area contributed by atoms with Crippen molar-refractivity contribution in [1.29, 1.82) is 0 Å². The van der Waals surface area contributed by atoms with Crippen LogP contribution in [0.4, 0.5) is 10.6 Å². The van der Waals surface area contributed by atoms with Gasteiger partial charge in [0.1, 0.15) is 11.9 Å². The Morgan fingerprint density at radius 1 is 1.03 bits per heavy atom. The van der Waals surface area contributed by atoms with Crippen LogP contribution >= 0.6 is 0 Å². The molecule has 38 heavy (non-hydrogen) atoms. The summed E-state index contributed by atoms with van der Waals surface area (Å²) in [6.07, 6.45) is 1.93. The van der Waals surface area contributed by atoms with E-state index in [1.54, 1.807) is 17.9 Å². The molecule has 1 amide bonds. The van der Waals surface area contributed by atoms with Crippen LogP contribution in [0.1, 0.15) is 42.6 Å². The number of ether oxygens (including phenoxy) is 1. The number of nitrogens with zero attached hydrogens (tertiary/aromatic N) is 2. The smallest absolute Gasteiger partial charge is 0.413 e. The molecule has 0 saturated heterocycles. The Morgan fingerprint density at radius 3 is 2.34 bits per heavy atom.